The van der Waals surface area contributed by atoms with E-state index in [1.54, 1.807) is 11.9 Å². The van der Waals surface area contributed by atoms with Gasteiger partial charge in [-0.1, -0.05) is 31.5 Å². The lowest BCUT2D eigenvalue weighted by Crippen LogP contribution is -2.49. The Balaban J connectivity index is 1.34. The molecule has 5 aliphatic rings. The number of unbranched alkanes of at least 4 members (excludes halogenated alkanes) is 1. The van der Waals surface area contributed by atoms with Crippen LogP contribution < -0.4 is 10.1 Å². The number of nitrogens with zero attached hydrogens (tertiary/aromatic N) is 4. The van der Waals surface area contributed by atoms with Crippen LogP contribution in [0.3, 0.4) is 0 Å². The van der Waals surface area contributed by atoms with Crippen LogP contribution in [-0.2, 0) is 33.4 Å². The molecule has 1 atom stereocenters. The Kier molecular flexibility index (Phi) is 11.0. The highest BCUT2D eigenvalue weighted by Gasteiger charge is 2.46. The number of aryl methyl sites for hydroxylation is 3. The molecule has 0 radical (unpaired) electrons. The van der Waals surface area contributed by atoms with Crippen molar-refractivity contribution in [2.45, 2.75) is 64.3 Å². The average molecular weight is 636 g/mol. The van der Waals surface area contributed by atoms with E-state index in [2.05, 4.69) is 23.3 Å². The molecule has 0 aromatic heterocycles. The van der Waals surface area contributed by atoms with Crippen LogP contribution in [0, 0.1) is 6.92 Å². The van der Waals surface area contributed by atoms with Crippen molar-refractivity contribution in [2.75, 3.05) is 52.2 Å². The molecule has 0 saturated carbocycles. The third kappa shape index (κ3) is 7.99. The van der Waals surface area contributed by atoms with Gasteiger partial charge in [-0.25, -0.2) is 8.51 Å². The first-order chi connectivity index (χ1) is 21.8. The van der Waals surface area contributed by atoms with Crippen LogP contribution in [0.15, 0.2) is 46.4 Å². The molecule has 2 aromatic rings. The number of benzene rings is 2. The van der Waals surface area contributed by atoms with Gasteiger partial charge in [-0.3, -0.25) is 19.6 Å². The normalized spacial score (nSPS) is 24.9. The number of amides is 2. The predicted octanol–water partition coefficient (Wildman–Crippen LogP) is 3.85. The lowest BCUT2D eigenvalue weighted by atomic mass is 9.89. The summed E-state index contributed by atoms with van der Waals surface area (Å²) >= 11 is 0. The van der Waals surface area contributed by atoms with Crippen molar-refractivity contribution in [1.29, 1.82) is 0 Å². The van der Waals surface area contributed by atoms with Crippen molar-refractivity contribution < 1.29 is 23.3 Å². The summed E-state index contributed by atoms with van der Waals surface area (Å²) in [6.45, 7) is 7.05. The zero-order valence-corrected chi connectivity index (χ0v) is 27.5. The highest BCUT2D eigenvalue weighted by atomic mass is 32.2. The average Bonchev–Trinajstić information content (AvgIpc) is 3.36. The van der Waals surface area contributed by atoms with E-state index in [-0.39, 0.29) is 11.8 Å². The van der Waals surface area contributed by atoms with Gasteiger partial charge in [-0.05, 0) is 73.9 Å². The van der Waals surface area contributed by atoms with Crippen molar-refractivity contribution in [1.82, 2.24) is 14.5 Å². The van der Waals surface area contributed by atoms with Gasteiger partial charge in [0.05, 0.1) is 24.1 Å². The molecule has 5 aliphatic heterocycles. The third-order valence-electron chi connectivity index (χ3n) is 8.82. The van der Waals surface area contributed by atoms with Crippen LogP contribution in [-0.4, -0.2) is 95.2 Å². The van der Waals surface area contributed by atoms with Crippen LogP contribution in [0.2, 0.25) is 0 Å². The van der Waals surface area contributed by atoms with Crippen LogP contribution in [0.4, 0.5) is 0 Å². The van der Waals surface area contributed by atoms with Gasteiger partial charge in [0.1, 0.15) is 23.7 Å². The van der Waals surface area contributed by atoms with Crippen LogP contribution in [0.25, 0.3) is 0 Å². The summed E-state index contributed by atoms with van der Waals surface area (Å²) in [4.78, 5) is 37.2. The van der Waals surface area contributed by atoms with Crippen molar-refractivity contribution >= 4 is 35.0 Å². The summed E-state index contributed by atoms with van der Waals surface area (Å²) in [6.07, 6.45) is 6.88. The number of carbonyl (C=O) groups excluding carboxylic acids is 2. The molecule has 1 saturated heterocycles. The van der Waals surface area contributed by atoms with Gasteiger partial charge < -0.3 is 19.7 Å². The summed E-state index contributed by atoms with van der Waals surface area (Å²) in [5.41, 5.74) is 3.81. The minimum Gasteiger partial charge on any atom is -0.493 e. The fraction of sp³-hybridized carbons (Fsp3) is 0.529. The Labute approximate surface area is 268 Å². The highest BCUT2D eigenvalue weighted by Crippen LogP contribution is 2.33. The number of piperidine rings is 1. The van der Waals surface area contributed by atoms with E-state index in [1.165, 1.54) is 6.40 Å². The Bertz CT molecular complexity index is 1470. The standard InChI is InChI=1S/C34H45N5O5S/c1-4-5-7-27-9-10-28-23-30(27)44-19-6-15-35-24-43-20-18-38(3)32(40)29-11-8-26(25(2)22-29)12-21-45(42)39-16-13-34(14-17-39)33(41)36-31(28)37-34/h8-11,22-24H,4-7,12-21H2,1-3H3,(H,36,37,41). The molecule has 10 nitrogen and oxygen atoms in total. The Hall–Kier alpha value is -3.57. The Morgan fingerprint density at radius 1 is 1.04 bits per heavy atom. The number of nitrogens with one attached hydrogen (secondary N) is 1. The fourth-order valence-electron chi connectivity index (χ4n) is 5.91. The SMILES string of the molecule is CCCCc1ccc2cc1OCCCN=COCCN(C)C(=O)c1ccc(c(C)c1)CCS(=O)N1CCC3(CC1)N=C2NC3=O. The summed E-state index contributed by atoms with van der Waals surface area (Å²) in [6, 6.07) is 11.8. The zero-order chi connectivity index (χ0) is 31.8. The number of aliphatic imine (C=N–C) groups is 2. The topological polar surface area (TPSA) is 113 Å². The van der Waals surface area contributed by atoms with Crippen molar-refractivity contribution in [3.05, 3.63) is 64.2 Å². The highest BCUT2D eigenvalue weighted by molar-refractivity contribution is 7.82. The molecular formula is C34H45N5O5S. The molecule has 1 fully saturated rings. The van der Waals surface area contributed by atoms with E-state index in [4.69, 9.17) is 14.5 Å². The molecule has 45 heavy (non-hydrogen) atoms. The Morgan fingerprint density at radius 2 is 1.84 bits per heavy atom. The van der Waals surface area contributed by atoms with E-state index < -0.39 is 16.5 Å². The van der Waals surface area contributed by atoms with Crippen LogP contribution in [0.1, 0.15) is 71.6 Å². The molecule has 1 spiro atoms. The quantitative estimate of drug-likeness (QED) is 0.551. The van der Waals surface area contributed by atoms with Crippen LogP contribution >= 0.6 is 0 Å². The molecule has 11 heteroatoms. The van der Waals surface area contributed by atoms with Crippen molar-refractivity contribution in [2.24, 2.45) is 9.98 Å². The summed E-state index contributed by atoms with van der Waals surface area (Å²) in [7, 11) is 0.577. The number of hydrogen-bond acceptors (Lipinski definition) is 7. The maximum atomic E-state index is 13.3. The van der Waals surface area contributed by atoms with Gasteiger partial charge in [-0.2, -0.15) is 0 Å². The van der Waals surface area contributed by atoms with Crippen LogP contribution in [0.5, 0.6) is 5.75 Å². The second-order valence-electron chi connectivity index (χ2n) is 12.0. The van der Waals surface area contributed by atoms with E-state index in [0.29, 0.717) is 82.2 Å². The lowest BCUT2D eigenvalue weighted by molar-refractivity contribution is -0.124. The van der Waals surface area contributed by atoms with Crippen molar-refractivity contribution in [3.63, 3.8) is 0 Å². The number of carbonyl (C=O) groups is 2. The monoisotopic (exact) mass is 635 g/mol. The van der Waals surface area contributed by atoms with Gasteiger partial charge in [0.2, 0.25) is 0 Å². The molecule has 2 amide bonds. The van der Waals surface area contributed by atoms with Gasteiger partial charge in [0.15, 0.2) is 6.40 Å². The summed E-state index contributed by atoms with van der Waals surface area (Å²) in [5.74, 6) is 1.69. The van der Waals surface area contributed by atoms with E-state index in [0.717, 1.165) is 47.3 Å². The van der Waals surface area contributed by atoms with Gasteiger partial charge in [0, 0.05) is 50.0 Å². The number of hydrogen-bond donors (Lipinski definition) is 1. The molecule has 5 heterocycles. The first-order valence-corrected chi connectivity index (χ1v) is 17.3. The molecule has 1 N–H and O–H groups in total. The first-order valence-electron chi connectivity index (χ1n) is 16.1. The second-order valence-corrected chi connectivity index (χ2v) is 13.6. The van der Waals surface area contributed by atoms with E-state index in [1.807, 2.05) is 41.6 Å². The van der Waals surface area contributed by atoms with Crippen molar-refractivity contribution in [3.8, 4) is 5.75 Å². The third-order valence-corrected chi connectivity index (χ3v) is 10.3. The molecule has 7 bridgehead atoms. The molecular weight excluding hydrogens is 590 g/mol. The number of fused-ring (bicyclic) bond motifs is 2. The molecule has 1 unspecified atom stereocenters. The first kappa shape index (κ1) is 32.8. The smallest absolute Gasteiger partial charge is 0.253 e. The van der Waals surface area contributed by atoms with E-state index in [9.17, 15) is 13.8 Å². The molecule has 2 aromatic carbocycles. The number of likely N-dealkylation sites (N-methyl/N-ethyl adjacent to an activating group) is 1. The summed E-state index contributed by atoms with van der Waals surface area (Å²) < 4.78 is 27.0. The van der Waals surface area contributed by atoms with Gasteiger partial charge >= 0.3 is 0 Å². The lowest BCUT2D eigenvalue weighted by Gasteiger charge is -2.34. The molecule has 0 aliphatic carbocycles. The zero-order valence-electron chi connectivity index (χ0n) is 26.7. The van der Waals surface area contributed by atoms with E-state index >= 15 is 0 Å². The number of rotatable bonds is 3. The van der Waals surface area contributed by atoms with Gasteiger partial charge in [-0.15, -0.1) is 0 Å². The fourth-order valence-corrected chi connectivity index (χ4v) is 7.15. The number of ether oxygens (including phenoxy) is 2. The molecule has 7 rings (SSSR count). The maximum absolute atomic E-state index is 13.3. The minimum atomic E-state index is -1.18. The number of amidine groups is 1. The Morgan fingerprint density at radius 3 is 2.62 bits per heavy atom. The largest absolute Gasteiger partial charge is 0.493 e. The summed E-state index contributed by atoms with van der Waals surface area (Å²) in [5, 5.41) is 3.03. The predicted molar refractivity (Wildman–Crippen MR) is 178 cm³/mol. The second kappa shape index (κ2) is 15.1. The van der Waals surface area contributed by atoms with Gasteiger partial charge in [0.25, 0.3) is 11.8 Å². The molecule has 242 valence electrons. The maximum Gasteiger partial charge on any atom is 0.253 e. The minimum absolute atomic E-state index is 0.0744.